The quantitative estimate of drug-likeness (QED) is 0.743. The smallest absolute Gasteiger partial charge is 0.0624 e. The molecule has 0 saturated carbocycles. The highest BCUT2D eigenvalue weighted by molar-refractivity contribution is 5.43. The highest BCUT2D eigenvalue weighted by Gasteiger charge is 2.18. The number of aliphatic hydroxyl groups is 1. The zero-order valence-corrected chi connectivity index (χ0v) is 8.59. The summed E-state index contributed by atoms with van der Waals surface area (Å²) >= 11 is 0. The molecule has 0 spiro atoms. The van der Waals surface area contributed by atoms with Crippen molar-refractivity contribution in [1.29, 1.82) is 0 Å². The summed E-state index contributed by atoms with van der Waals surface area (Å²) in [5.74, 6) is 0. The Balaban J connectivity index is 2.48. The van der Waals surface area contributed by atoms with Gasteiger partial charge in [0.15, 0.2) is 0 Å². The maximum Gasteiger partial charge on any atom is 0.0624 e. The van der Waals surface area contributed by atoms with E-state index in [2.05, 4.69) is 19.1 Å². The SMILES string of the molecule is Cc1cc2c(c(C(N)CO)c1)CCC2. The molecule has 14 heavy (non-hydrogen) atoms. The van der Waals surface area contributed by atoms with Crippen LogP contribution in [-0.4, -0.2) is 11.7 Å². The van der Waals surface area contributed by atoms with Gasteiger partial charge in [-0.1, -0.05) is 17.7 Å². The molecular weight excluding hydrogens is 174 g/mol. The maximum absolute atomic E-state index is 9.09. The zero-order valence-electron chi connectivity index (χ0n) is 8.59. The summed E-state index contributed by atoms with van der Waals surface area (Å²) in [4.78, 5) is 0. The monoisotopic (exact) mass is 191 g/mol. The number of hydrogen-bond donors (Lipinski definition) is 2. The molecule has 1 aromatic rings. The van der Waals surface area contributed by atoms with Crippen LogP contribution in [0.3, 0.4) is 0 Å². The normalized spacial score (nSPS) is 16.8. The fourth-order valence-electron chi connectivity index (χ4n) is 2.33. The van der Waals surface area contributed by atoms with Crippen LogP contribution in [0.4, 0.5) is 0 Å². The van der Waals surface area contributed by atoms with E-state index in [0.717, 1.165) is 12.0 Å². The largest absolute Gasteiger partial charge is 0.394 e. The minimum absolute atomic E-state index is 0.0376. The van der Waals surface area contributed by atoms with E-state index in [1.54, 1.807) is 0 Å². The van der Waals surface area contributed by atoms with Crippen LogP contribution in [0.25, 0.3) is 0 Å². The third kappa shape index (κ3) is 1.56. The van der Waals surface area contributed by atoms with Crippen molar-refractivity contribution in [3.8, 4) is 0 Å². The van der Waals surface area contributed by atoms with Gasteiger partial charge in [-0.25, -0.2) is 0 Å². The highest BCUT2D eigenvalue weighted by atomic mass is 16.3. The molecule has 2 nitrogen and oxygen atoms in total. The third-order valence-corrected chi connectivity index (χ3v) is 2.99. The number of aliphatic hydroxyl groups excluding tert-OH is 1. The molecule has 0 fully saturated rings. The van der Waals surface area contributed by atoms with Crippen LogP contribution >= 0.6 is 0 Å². The van der Waals surface area contributed by atoms with Crippen LogP contribution in [0.1, 0.15) is 34.7 Å². The van der Waals surface area contributed by atoms with Gasteiger partial charge < -0.3 is 10.8 Å². The Labute approximate surface area is 84.7 Å². The van der Waals surface area contributed by atoms with Gasteiger partial charge >= 0.3 is 0 Å². The van der Waals surface area contributed by atoms with E-state index in [0.29, 0.717) is 0 Å². The first-order chi connectivity index (χ1) is 6.72. The van der Waals surface area contributed by atoms with Gasteiger partial charge in [-0.05, 0) is 42.9 Å². The molecule has 0 radical (unpaired) electrons. The average Bonchev–Trinajstić information content (AvgIpc) is 2.62. The molecule has 76 valence electrons. The molecule has 2 rings (SSSR count). The fourth-order valence-corrected chi connectivity index (χ4v) is 2.33. The molecular formula is C12H17NO. The number of rotatable bonds is 2. The van der Waals surface area contributed by atoms with Gasteiger partial charge in [-0.15, -0.1) is 0 Å². The van der Waals surface area contributed by atoms with Gasteiger partial charge in [0.05, 0.1) is 12.6 Å². The molecule has 0 saturated heterocycles. The summed E-state index contributed by atoms with van der Waals surface area (Å²) in [6.07, 6.45) is 3.52. The van der Waals surface area contributed by atoms with Crippen LogP contribution in [0.15, 0.2) is 12.1 Å². The molecule has 1 aromatic carbocycles. The molecule has 1 atom stereocenters. The van der Waals surface area contributed by atoms with Crippen molar-refractivity contribution in [2.24, 2.45) is 5.73 Å². The first kappa shape index (κ1) is 9.69. The van der Waals surface area contributed by atoms with E-state index in [9.17, 15) is 0 Å². The first-order valence-corrected chi connectivity index (χ1v) is 5.21. The minimum atomic E-state index is -0.207. The number of nitrogens with two attached hydrogens (primary N) is 1. The van der Waals surface area contributed by atoms with Crippen LogP contribution in [-0.2, 0) is 12.8 Å². The Bertz CT molecular complexity index is 346. The van der Waals surface area contributed by atoms with Gasteiger partial charge in [-0.2, -0.15) is 0 Å². The van der Waals surface area contributed by atoms with E-state index in [1.165, 1.54) is 29.5 Å². The molecule has 0 bridgehead atoms. The summed E-state index contributed by atoms with van der Waals surface area (Å²) in [6.45, 7) is 2.13. The van der Waals surface area contributed by atoms with Crippen LogP contribution < -0.4 is 5.73 Å². The lowest BCUT2D eigenvalue weighted by Crippen LogP contribution is -2.16. The Morgan fingerprint density at radius 1 is 1.43 bits per heavy atom. The van der Waals surface area contributed by atoms with E-state index < -0.39 is 0 Å². The Hall–Kier alpha value is -0.860. The zero-order chi connectivity index (χ0) is 10.1. The molecule has 0 aliphatic heterocycles. The number of hydrogen-bond acceptors (Lipinski definition) is 2. The van der Waals surface area contributed by atoms with Crippen molar-refractivity contribution in [3.05, 3.63) is 34.4 Å². The third-order valence-electron chi connectivity index (χ3n) is 2.99. The van der Waals surface area contributed by atoms with Gasteiger partial charge in [0.1, 0.15) is 0 Å². The van der Waals surface area contributed by atoms with Gasteiger partial charge in [0.25, 0.3) is 0 Å². The predicted molar refractivity (Wildman–Crippen MR) is 57.2 cm³/mol. The van der Waals surface area contributed by atoms with E-state index >= 15 is 0 Å². The molecule has 0 aromatic heterocycles. The second-order valence-corrected chi connectivity index (χ2v) is 4.13. The number of aryl methyl sites for hydroxylation is 2. The lowest BCUT2D eigenvalue weighted by molar-refractivity contribution is 0.267. The average molecular weight is 191 g/mol. The topological polar surface area (TPSA) is 46.2 Å². The molecule has 0 heterocycles. The Morgan fingerprint density at radius 3 is 2.93 bits per heavy atom. The van der Waals surface area contributed by atoms with Gasteiger partial charge in [0, 0.05) is 0 Å². The first-order valence-electron chi connectivity index (χ1n) is 5.21. The van der Waals surface area contributed by atoms with Crippen LogP contribution in [0, 0.1) is 6.92 Å². The minimum Gasteiger partial charge on any atom is -0.394 e. The van der Waals surface area contributed by atoms with Gasteiger partial charge in [-0.3, -0.25) is 0 Å². The molecule has 0 amide bonds. The molecule has 1 aliphatic carbocycles. The maximum atomic E-state index is 9.09. The Morgan fingerprint density at radius 2 is 2.21 bits per heavy atom. The van der Waals surface area contributed by atoms with E-state index in [4.69, 9.17) is 10.8 Å². The second kappa shape index (κ2) is 3.71. The molecule has 3 N–H and O–H groups in total. The molecule has 2 heteroatoms. The molecule has 1 unspecified atom stereocenters. The lowest BCUT2D eigenvalue weighted by Gasteiger charge is -2.15. The van der Waals surface area contributed by atoms with Crippen molar-refractivity contribution in [1.82, 2.24) is 0 Å². The Kier molecular flexibility index (Phi) is 2.57. The molecule has 1 aliphatic rings. The van der Waals surface area contributed by atoms with Gasteiger partial charge in [0.2, 0.25) is 0 Å². The van der Waals surface area contributed by atoms with E-state index in [1.807, 2.05) is 0 Å². The van der Waals surface area contributed by atoms with Crippen molar-refractivity contribution in [3.63, 3.8) is 0 Å². The summed E-state index contributed by atoms with van der Waals surface area (Å²) in [5, 5.41) is 9.09. The highest BCUT2D eigenvalue weighted by Crippen LogP contribution is 2.29. The summed E-state index contributed by atoms with van der Waals surface area (Å²) in [6, 6.07) is 4.16. The fraction of sp³-hybridized carbons (Fsp3) is 0.500. The van der Waals surface area contributed by atoms with Crippen LogP contribution in [0.5, 0.6) is 0 Å². The van der Waals surface area contributed by atoms with Crippen molar-refractivity contribution >= 4 is 0 Å². The number of fused-ring (bicyclic) bond motifs is 1. The predicted octanol–water partition coefficient (Wildman–Crippen LogP) is 1.48. The summed E-state index contributed by atoms with van der Waals surface area (Å²) in [5.41, 5.74) is 11.1. The van der Waals surface area contributed by atoms with Crippen molar-refractivity contribution in [2.45, 2.75) is 32.2 Å². The number of benzene rings is 1. The summed E-state index contributed by atoms with van der Waals surface area (Å²) in [7, 11) is 0. The second-order valence-electron chi connectivity index (χ2n) is 4.13. The summed E-state index contributed by atoms with van der Waals surface area (Å²) < 4.78 is 0. The van der Waals surface area contributed by atoms with Crippen LogP contribution in [0.2, 0.25) is 0 Å². The lowest BCUT2D eigenvalue weighted by atomic mass is 9.96. The standard InChI is InChI=1S/C12H17NO/c1-8-5-9-3-2-4-10(9)11(6-8)12(13)7-14/h5-6,12,14H,2-4,7,13H2,1H3. The van der Waals surface area contributed by atoms with E-state index in [-0.39, 0.29) is 12.6 Å². The van der Waals surface area contributed by atoms with Crippen molar-refractivity contribution < 1.29 is 5.11 Å². The van der Waals surface area contributed by atoms with Crippen molar-refractivity contribution in [2.75, 3.05) is 6.61 Å².